The van der Waals surface area contributed by atoms with Gasteiger partial charge in [0.05, 0.1) is 29.5 Å². The molecule has 26 heavy (non-hydrogen) atoms. The van der Waals surface area contributed by atoms with Crippen molar-refractivity contribution in [1.82, 2.24) is 14.9 Å². The molecule has 0 aliphatic carbocycles. The van der Waals surface area contributed by atoms with Crippen LogP contribution < -0.4 is 5.32 Å². The number of nitrogens with zero attached hydrogens (tertiary/aromatic N) is 2. The molecular formula is C21H28BrN3O. The number of halogens is 1. The van der Waals surface area contributed by atoms with Gasteiger partial charge >= 0.3 is 0 Å². The summed E-state index contributed by atoms with van der Waals surface area (Å²) >= 11 is 3.60. The number of benzene rings is 1. The number of fused-ring (bicyclic) bond motifs is 1. The molecule has 0 unspecified atom stereocenters. The van der Waals surface area contributed by atoms with Gasteiger partial charge in [-0.1, -0.05) is 34.2 Å². The molecule has 2 aromatic rings. The number of aryl methyl sites for hydroxylation is 1. The topological polar surface area (TPSA) is 39.1 Å². The number of allylic oxidation sites excluding steroid dienone is 2. The number of hydrogen-bond acceptors (Lipinski definition) is 3. The van der Waals surface area contributed by atoms with E-state index in [0.29, 0.717) is 0 Å². The summed E-state index contributed by atoms with van der Waals surface area (Å²) in [4.78, 5) is 4.63. The lowest BCUT2D eigenvalue weighted by Gasteiger charge is -2.30. The molecule has 0 spiro atoms. The average Bonchev–Trinajstić information content (AvgIpc) is 3.01. The third-order valence-electron chi connectivity index (χ3n) is 5.05. The van der Waals surface area contributed by atoms with E-state index >= 15 is 0 Å². The molecule has 1 saturated heterocycles. The van der Waals surface area contributed by atoms with Crippen LogP contribution in [0.2, 0.25) is 0 Å². The second kappa shape index (κ2) is 8.51. The maximum atomic E-state index is 5.69. The molecule has 1 aliphatic rings. The van der Waals surface area contributed by atoms with Crippen molar-refractivity contribution in [2.45, 2.75) is 51.8 Å². The van der Waals surface area contributed by atoms with Gasteiger partial charge < -0.3 is 14.6 Å². The molecular weight excluding hydrogens is 390 g/mol. The van der Waals surface area contributed by atoms with Gasteiger partial charge in [-0.15, -0.1) is 0 Å². The van der Waals surface area contributed by atoms with Gasteiger partial charge in [0.1, 0.15) is 0 Å². The third-order valence-corrected chi connectivity index (χ3v) is 5.90. The van der Waals surface area contributed by atoms with E-state index in [4.69, 9.17) is 4.74 Å². The zero-order valence-corrected chi connectivity index (χ0v) is 17.5. The van der Waals surface area contributed by atoms with Crippen molar-refractivity contribution >= 4 is 27.0 Å². The first kappa shape index (κ1) is 19.3. The zero-order chi connectivity index (χ0) is 18.7. The van der Waals surface area contributed by atoms with Crippen molar-refractivity contribution in [1.29, 1.82) is 0 Å². The van der Waals surface area contributed by atoms with E-state index in [-0.39, 0.29) is 12.1 Å². The maximum Gasteiger partial charge on any atom is 0.0961 e. The van der Waals surface area contributed by atoms with E-state index in [2.05, 4.69) is 69.4 Å². The number of hydrogen-bond donors (Lipinski definition) is 1. The summed E-state index contributed by atoms with van der Waals surface area (Å²) in [6.07, 6.45) is 7.69. The van der Waals surface area contributed by atoms with Crippen LogP contribution in [-0.2, 0) is 11.3 Å². The molecule has 5 heteroatoms. The molecule has 0 saturated carbocycles. The minimum atomic E-state index is 0.238. The van der Waals surface area contributed by atoms with Gasteiger partial charge in [0, 0.05) is 18.1 Å². The van der Waals surface area contributed by atoms with Crippen LogP contribution in [0.3, 0.4) is 0 Å². The Morgan fingerprint density at radius 1 is 1.50 bits per heavy atom. The van der Waals surface area contributed by atoms with Crippen molar-refractivity contribution in [2.24, 2.45) is 0 Å². The minimum Gasteiger partial charge on any atom is -0.379 e. The zero-order valence-electron chi connectivity index (χ0n) is 15.9. The van der Waals surface area contributed by atoms with Crippen LogP contribution in [0.4, 0.5) is 0 Å². The van der Waals surface area contributed by atoms with Gasteiger partial charge in [-0.25, -0.2) is 4.98 Å². The molecule has 1 N–H and O–H groups in total. The van der Waals surface area contributed by atoms with Crippen LogP contribution in [0.25, 0.3) is 11.0 Å². The quantitative estimate of drug-likeness (QED) is 0.688. The number of ether oxygens (including phenoxy) is 1. The molecule has 1 aromatic heterocycles. The number of rotatable bonds is 6. The third kappa shape index (κ3) is 4.27. The molecule has 1 aliphatic heterocycles. The van der Waals surface area contributed by atoms with E-state index in [9.17, 15) is 0 Å². The first-order chi connectivity index (χ1) is 12.5. The lowest BCUT2D eigenvalue weighted by Crippen LogP contribution is -2.44. The molecule has 0 bridgehead atoms. The maximum absolute atomic E-state index is 5.69. The summed E-state index contributed by atoms with van der Waals surface area (Å²) in [5.74, 6) is 0. The molecule has 4 nitrogen and oxygen atoms in total. The van der Waals surface area contributed by atoms with Crippen molar-refractivity contribution < 1.29 is 4.74 Å². The fourth-order valence-electron chi connectivity index (χ4n) is 3.71. The predicted octanol–water partition coefficient (Wildman–Crippen LogP) is 4.77. The van der Waals surface area contributed by atoms with Crippen LogP contribution in [-0.4, -0.2) is 35.4 Å². The first-order valence-electron chi connectivity index (χ1n) is 9.19. The van der Waals surface area contributed by atoms with E-state index < -0.39 is 0 Å². The van der Waals surface area contributed by atoms with Crippen LogP contribution in [0.1, 0.15) is 31.7 Å². The predicted molar refractivity (Wildman–Crippen MR) is 112 cm³/mol. The number of piperidine rings is 1. The summed E-state index contributed by atoms with van der Waals surface area (Å²) in [5.41, 5.74) is 5.92. The first-order valence-corrected chi connectivity index (χ1v) is 9.99. The number of imidazole rings is 1. The highest BCUT2D eigenvalue weighted by molar-refractivity contribution is 9.10. The summed E-state index contributed by atoms with van der Waals surface area (Å²) in [6, 6.07) is 4.49. The second-order valence-electron chi connectivity index (χ2n) is 7.27. The van der Waals surface area contributed by atoms with Crippen LogP contribution in [0.5, 0.6) is 0 Å². The highest BCUT2D eigenvalue weighted by atomic mass is 79.9. The van der Waals surface area contributed by atoms with E-state index in [1.165, 1.54) is 28.6 Å². The van der Waals surface area contributed by atoms with Gasteiger partial charge in [-0.3, -0.25) is 0 Å². The second-order valence-corrected chi connectivity index (χ2v) is 8.12. The van der Waals surface area contributed by atoms with Gasteiger partial charge in [0.15, 0.2) is 0 Å². The van der Waals surface area contributed by atoms with Gasteiger partial charge in [0.2, 0.25) is 0 Å². The minimum absolute atomic E-state index is 0.238. The Morgan fingerprint density at radius 3 is 3.04 bits per heavy atom. The van der Waals surface area contributed by atoms with Crippen LogP contribution >= 0.6 is 15.9 Å². The normalized spacial score (nSPS) is 21.3. The molecule has 2 heterocycles. The standard InChI is InChI=1S/C21H28BrN3O/c1-14(2)10-16(11-18-20(26-4)6-5-9-23-18)12-25-13-24-21-15(3)17(22)7-8-19(21)25/h7-8,11,13,18,20,23H,1,5-6,9-10,12H2,2-4H3/b16-11+/t18-,20+/m1/s1. The van der Waals surface area contributed by atoms with E-state index in [0.717, 1.165) is 35.9 Å². The molecule has 2 atom stereocenters. The fourth-order valence-corrected chi connectivity index (χ4v) is 4.03. The Hall–Kier alpha value is -1.43. The Kier molecular flexibility index (Phi) is 6.33. The van der Waals surface area contributed by atoms with E-state index in [1.54, 1.807) is 7.11 Å². The smallest absolute Gasteiger partial charge is 0.0961 e. The van der Waals surface area contributed by atoms with Crippen molar-refractivity contribution in [3.63, 3.8) is 0 Å². The lowest BCUT2D eigenvalue weighted by atomic mass is 9.96. The average molecular weight is 418 g/mol. The fraction of sp³-hybridized carbons (Fsp3) is 0.476. The Morgan fingerprint density at radius 2 is 2.31 bits per heavy atom. The van der Waals surface area contributed by atoms with Gasteiger partial charge in [-0.05, 0) is 62.9 Å². The van der Waals surface area contributed by atoms with Gasteiger partial charge in [0.25, 0.3) is 0 Å². The van der Waals surface area contributed by atoms with E-state index in [1.807, 2.05) is 6.33 Å². The Balaban J connectivity index is 1.90. The molecule has 0 amide bonds. The SMILES string of the molecule is C=C(C)C/C(=C\[C@H]1NCCC[C@@H]1OC)Cn1cnc2c(C)c(Br)ccc21. The molecule has 1 aromatic carbocycles. The molecule has 3 rings (SSSR count). The highest BCUT2D eigenvalue weighted by Gasteiger charge is 2.23. The van der Waals surface area contributed by atoms with Crippen molar-refractivity contribution in [3.05, 3.63) is 52.3 Å². The van der Waals surface area contributed by atoms with Gasteiger partial charge in [-0.2, -0.15) is 0 Å². The van der Waals surface area contributed by atoms with Crippen LogP contribution in [0, 0.1) is 6.92 Å². The highest BCUT2D eigenvalue weighted by Crippen LogP contribution is 2.26. The molecule has 1 fully saturated rings. The molecule has 140 valence electrons. The summed E-state index contributed by atoms with van der Waals surface area (Å²) in [7, 11) is 1.81. The summed E-state index contributed by atoms with van der Waals surface area (Å²) in [5, 5.41) is 3.60. The molecule has 0 radical (unpaired) electrons. The van der Waals surface area contributed by atoms with Crippen LogP contribution in [0.15, 0.2) is 46.7 Å². The monoisotopic (exact) mass is 417 g/mol. The Bertz CT molecular complexity index is 824. The largest absolute Gasteiger partial charge is 0.379 e. The number of nitrogens with one attached hydrogen (secondary N) is 1. The Labute approximate surface area is 164 Å². The number of aromatic nitrogens is 2. The summed E-state index contributed by atoms with van der Waals surface area (Å²) < 4.78 is 9.02. The summed E-state index contributed by atoms with van der Waals surface area (Å²) in [6.45, 7) is 10.2. The van der Waals surface area contributed by atoms with Crippen molar-refractivity contribution in [3.8, 4) is 0 Å². The lowest BCUT2D eigenvalue weighted by molar-refractivity contribution is 0.0595. The number of methoxy groups -OCH3 is 1. The van der Waals surface area contributed by atoms with Crippen molar-refractivity contribution in [2.75, 3.05) is 13.7 Å².